The molecular weight excluding hydrogens is 745 g/mol. The highest BCUT2D eigenvalue weighted by molar-refractivity contribution is 5.71. The van der Waals surface area contributed by atoms with Gasteiger partial charge < -0.3 is 14.2 Å². The van der Waals surface area contributed by atoms with E-state index in [4.69, 9.17) is 14.2 Å². The second kappa shape index (κ2) is 48.4. The average molecular weight is 849 g/mol. The summed E-state index contributed by atoms with van der Waals surface area (Å²) in [5.41, 5.74) is 0. The smallest absolute Gasteiger partial charge is 0.306 e. The van der Waals surface area contributed by atoms with E-state index in [1.165, 1.54) is 199 Å². The highest BCUT2D eigenvalue weighted by Crippen LogP contribution is 2.17. The minimum Gasteiger partial charge on any atom is -0.462 e. The number of ether oxygens (including phenoxy) is 3. The molecular formula is C54H104O6. The van der Waals surface area contributed by atoms with Crippen molar-refractivity contribution in [2.75, 3.05) is 13.2 Å². The molecule has 0 aliphatic carbocycles. The van der Waals surface area contributed by atoms with Gasteiger partial charge in [-0.25, -0.2) is 0 Å². The molecule has 0 rings (SSSR count). The van der Waals surface area contributed by atoms with Gasteiger partial charge >= 0.3 is 17.9 Å². The molecule has 0 aromatic carbocycles. The summed E-state index contributed by atoms with van der Waals surface area (Å²) in [6, 6.07) is 0. The van der Waals surface area contributed by atoms with Gasteiger partial charge in [0.1, 0.15) is 13.2 Å². The van der Waals surface area contributed by atoms with Crippen LogP contribution in [0.15, 0.2) is 0 Å². The molecule has 60 heavy (non-hydrogen) atoms. The molecule has 0 radical (unpaired) electrons. The van der Waals surface area contributed by atoms with Crippen LogP contribution >= 0.6 is 0 Å². The van der Waals surface area contributed by atoms with Crippen LogP contribution in [0.3, 0.4) is 0 Å². The van der Waals surface area contributed by atoms with Crippen molar-refractivity contribution in [1.82, 2.24) is 0 Å². The van der Waals surface area contributed by atoms with Crippen molar-refractivity contribution in [2.45, 2.75) is 310 Å². The van der Waals surface area contributed by atoms with Gasteiger partial charge in [0, 0.05) is 19.3 Å². The van der Waals surface area contributed by atoms with Gasteiger partial charge in [-0.05, 0) is 25.2 Å². The van der Waals surface area contributed by atoms with Crippen LogP contribution in [0.25, 0.3) is 0 Å². The van der Waals surface area contributed by atoms with Crippen molar-refractivity contribution in [3.63, 3.8) is 0 Å². The molecule has 356 valence electrons. The van der Waals surface area contributed by atoms with Gasteiger partial charge in [-0.15, -0.1) is 0 Å². The second-order valence-corrected chi connectivity index (χ2v) is 19.0. The third-order valence-electron chi connectivity index (χ3n) is 12.3. The molecule has 0 unspecified atom stereocenters. The third kappa shape index (κ3) is 47.5. The number of hydrogen-bond acceptors (Lipinski definition) is 6. The molecule has 0 aromatic rings. The van der Waals surface area contributed by atoms with Crippen LogP contribution in [0.4, 0.5) is 0 Å². The van der Waals surface area contributed by atoms with E-state index in [-0.39, 0.29) is 31.1 Å². The first-order chi connectivity index (χ1) is 29.4. The van der Waals surface area contributed by atoms with Crippen LogP contribution in [-0.2, 0) is 28.6 Å². The van der Waals surface area contributed by atoms with Crippen molar-refractivity contribution in [3.05, 3.63) is 0 Å². The standard InChI is InChI=1S/C54H104O6/c1-5-7-9-11-13-15-17-19-21-23-25-27-29-33-37-41-45-52(55)58-48-51(49-59-53(56)46-42-38-35-31-32-36-40-44-50(3)4)60-54(57)47-43-39-34-30-28-26-24-22-20-18-16-14-12-10-8-6-2/h50-51H,5-49H2,1-4H3/t51-/m1/s1. The Balaban J connectivity index is 4.27. The van der Waals surface area contributed by atoms with Crippen molar-refractivity contribution in [1.29, 1.82) is 0 Å². The van der Waals surface area contributed by atoms with Gasteiger partial charge in [0.05, 0.1) is 0 Å². The Labute approximate surface area is 374 Å². The van der Waals surface area contributed by atoms with Crippen molar-refractivity contribution >= 4 is 17.9 Å². The first-order valence-electron chi connectivity index (χ1n) is 26.9. The first-order valence-corrected chi connectivity index (χ1v) is 26.9. The Kier molecular flexibility index (Phi) is 47.2. The quantitative estimate of drug-likeness (QED) is 0.0345. The highest BCUT2D eigenvalue weighted by atomic mass is 16.6. The lowest BCUT2D eigenvalue weighted by Gasteiger charge is -2.18. The molecule has 0 saturated heterocycles. The van der Waals surface area contributed by atoms with Crippen molar-refractivity contribution < 1.29 is 28.6 Å². The zero-order valence-corrected chi connectivity index (χ0v) is 40.9. The van der Waals surface area contributed by atoms with E-state index < -0.39 is 6.10 Å². The third-order valence-corrected chi connectivity index (χ3v) is 12.3. The average Bonchev–Trinajstić information content (AvgIpc) is 3.23. The topological polar surface area (TPSA) is 78.9 Å². The molecule has 0 amide bonds. The van der Waals surface area contributed by atoms with Gasteiger partial charge in [0.25, 0.3) is 0 Å². The zero-order chi connectivity index (χ0) is 43.8. The molecule has 1 atom stereocenters. The predicted molar refractivity (Wildman–Crippen MR) is 257 cm³/mol. The molecule has 0 N–H and O–H groups in total. The maximum atomic E-state index is 12.8. The highest BCUT2D eigenvalue weighted by Gasteiger charge is 2.19. The van der Waals surface area contributed by atoms with Crippen molar-refractivity contribution in [3.8, 4) is 0 Å². The largest absolute Gasteiger partial charge is 0.462 e. The molecule has 0 saturated carbocycles. The Morgan fingerprint density at radius 3 is 0.817 bits per heavy atom. The summed E-state index contributed by atoms with van der Waals surface area (Å²) in [5, 5.41) is 0. The predicted octanol–water partition coefficient (Wildman–Crippen LogP) is 17.5. The fourth-order valence-corrected chi connectivity index (χ4v) is 8.22. The summed E-state index contributed by atoms with van der Waals surface area (Å²) < 4.78 is 16.8. The van der Waals surface area contributed by atoms with Crippen LogP contribution in [0.1, 0.15) is 304 Å². The van der Waals surface area contributed by atoms with Gasteiger partial charge in [-0.1, -0.05) is 265 Å². The molecule has 0 aromatic heterocycles. The molecule has 0 heterocycles. The van der Waals surface area contributed by atoms with Crippen LogP contribution in [0.2, 0.25) is 0 Å². The van der Waals surface area contributed by atoms with Gasteiger partial charge in [0.2, 0.25) is 0 Å². The van der Waals surface area contributed by atoms with Crippen LogP contribution in [-0.4, -0.2) is 37.2 Å². The lowest BCUT2D eigenvalue weighted by molar-refractivity contribution is -0.167. The molecule has 0 aliphatic heterocycles. The number of rotatable bonds is 49. The zero-order valence-electron chi connectivity index (χ0n) is 40.9. The Bertz CT molecular complexity index is 903. The van der Waals surface area contributed by atoms with E-state index in [1.807, 2.05) is 0 Å². The van der Waals surface area contributed by atoms with Crippen LogP contribution in [0.5, 0.6) is 0 Å². The van der Waals surface area contributed by atoms with Crippen LogP contribution in [0, 0.1) is 5.92 Å². The monoisotopic (exact) mass is 849 g/mol. The maximum absolute atomic E-state index is 12.8. The lowest BCUT2D eigenvalue weighted by atomic mass is 10.0. The Morgan fingerprint density at radius 2 is 0.550 bits per heavy atom. The van der Waals surface area contributed by atoms with E-state index in [2.05, 4.69) is 27.7 Å². The summed E-state index contributed by atoms with van der Waals surface area (Å²) in [7, 11) is 0. The molecule has 0 fully saturated rings. The maximum Gasteiger partial charge on any atom is 0.306 e. The number of hydrogen-bond donors (Lipinski definition) is 0. The van der Waals surface area contributed by atoms with Gasteiger partial charge in [0.15, 0.2) is 6.10 Å². The van der Waals surface area contributed by atoms with E-state index in [9.17, 15) is 14.4 Å². The fraction of sp³-hybridized carbons (Fsp3) is 0.944. The van der Waals surface area contributed by atoms with E-state index in [1.54, 1.807) is 0 Å². The Hall–Kier alpha value is -1.59. The van der Waals surface area contributed by atoms with Crippen LogP contribution < -0.4 is 0 Å². The normalized spacial score (nSPS) is 11.9. The Morgan fingerprint density at radius 1 is 0.317 bits per heavy atom. The number of unbranched alkanes of at least 4 members (excludes halogenated alkanes) is 36. The molecule has 6 heteroatoms. The van der Waals surface area contributed by atoms with Gasteiger partial charge in [-0.3, -0.25) is 14.4 Å². The number of carbonyl (C=O) groups excluding carboxylic acids is 3. The summed E-state index contributed by atoms with van der Waals surface area (Å²) in [6.45, 7) is 8.99. The minimum absolute atomic E-state index is 0.0630. The molecule has 0 bridgehead atoms. The van der Waals surface area contributed by atoms with E-state index in [0.29, 0.717) is 19.3 Å². The molecule has 0 spiro atoms. The van der Waals surface area contributed by atoms with E-state index >= 15 is 0 Å². The summed E-state index contributed by atoms with van der Waals surface area (Å²) in [5.74, 6) is -0.0629. The summed E-state index contributed by atoms with van der Waals surface area (Å²) in [6.07, 6.45) is 51.0. The van der Waals surface area contributed by atoms with Crippen molar-refractivity contribution in [2.24, 2.45) is 5.92 Å². The molecule has 0 aliphatic rings. The van der Waals surface area contributed by atoms with E-state index in [0.717, 1.165) is 63.7 Å². The minimum atomic E-state index is -0.761. The summed E-state index contributed by atoms with van der Waals surface area (Å²) in [4.78, 5) is 38.0. The molecule has 6 nitrogen and oxygen atoms in total. The summed E-state index contributed by atoms with van der Waals surface area (Å²) >= 11 is 0. The van der Waals surface area contributed by atoms with Gasteiger partial charge in [-0.2, -0.15) is 0 Å². The second-order valence-electron chi connectivity index (χ2n) is 19.0. The lowest BCUT2D eigenvalue weighted by Crippen LogP contribution is -2.30. The first kappa shape index (κ1) is 58.4. The number of carbonyl (C=O) groups is 3. The SMILES string of the molecule is CCCCCCCCCCCCCCCCCCC(=O)OC[C@H](COC(=O)CCCCCCCCCC(C)C)OC(=O)CCCCCCCCCCCCCCCCCC. The number of esters is 3. The fourth-order valence-electron chi connectivity index (χ4n) is 8.22.